The van der Waals surface area contributed by atoms with Gasteiger partial charge in [0.05, 0.1) is 12.2 Å². The molecule has 0 radical (unpaired) electrons. The standard InChI is InChI=1S/C21H26O3/c1-3-5-6-7-17-8-12-20(13-9-17)24-21(22)18-10-14-19(15-11-18)23-16-4-2/h8-15H,3-7,16H2,1-2H3. The second-order valence-corrected chi connectivity index (χ2v) is 5.86. The van der Waals surface area contributed by atoms with E-state index in [2.05, 4.69) is 13.8 Å². The van der Waals surface area contributed by atoms with Crippen molar-refractivity contribution in [3.8, 4) is 11.5 Å². The maximum atomic E-state index is 12.2. The van der Waals surface area contributed by atoms with Crippen LogP contribution in [-0.4, -0.2) is 12.6 Å². The lowest BCUT2D eigenvalue weighted by molar-refractivity contribution is 0.0734. The Morgan fingerprint density at radius 1 is 0.833 bits per heavy atom. The molecule has 0 atom stereocenters. The summed E-state index contributed by atoms with van der Waals surface area (Å²) in [5.41, 5.74) is 1.80. The molecule has 0 bridgehead atoms. The fourth-order valence-corrected chi connectivity index (χ4v) is 2.38. The highest BCUT2D eigenvalue weighted by Crippen LogP contribution is 2.17. The molecule has 3 nitrogen and oxygen atoms in total. The number of rotatable bonds is 9. The van der Waals surface area contributed by atoms with Crippen molar-refractivity contribution in [2.75, 3.05) is 6.61 Å². The third-order valence-electron chi connectivity index (χ3n) is 3.77. The van der Waals surface area contributed by atoms with E-state index >= 15 is 0 Å². The van der Waals surface area contributed by atoms with Crippen LogP contribution in [0.3, 0.4) is 0 Å². The monoisotopic (exact) mass is 326 g/mol. The maximum Gasteiger partial charge on any atom is 0.343 e. The fourth-order valence-electron chi connectivity index (χ4n) is 2.38. The van der Waals surface area contributed by atoms with E-state index in [-0.39, 0.29) is 5.97 Å². The van der Waals surface area contributed by atoms with Gasteiger partial charge in [-0.05, 0) is 61.2 Å². The van der Waals surface area contributed by atoms with Crippen LogP contribution in [0.25, 0.3) is 0 Å². The molecule has 0 amide bonds. The molecular weight excluding hydrogens is 300 g/mol. The zero-order valence-corrected chi connectivity index (χ0v) is 14.6. The minimum absolute atomic E-state index is 0.351. The summed E-state index contributed by atoms with van der Waals surface area (Å²) in [5, 5.41) is 0. The van der Waals surface area contributed by atoms with Gasteiger partial charge in [0.15, 0.2) is 0 Å². The molecule has 128 valence electrons. The predicted molar refractivity (Wildman–Crippen MR) is 96.9 cm³/mol. The summed E-state index contributed by atoms with van der Waals surface area (Å²) in [4.78, 5) is 12.2. The summed E-state index contributed by atoms with van der Waals surface area (Å²) in [6.07, 6.45) is 5.69. The van der Waals surface area contributed by atoms with Crippen molar-refractivity contribution < 1.29 is 14.3 Å². The molecule has 2 aromatic carbocycles. The number of hydrogen-bond acceptors (Lipinski definition) is 3. The molecule has 0 spiro atoms. The molecule has 0 unspecified atom stereocenters. The van der Waals surface area contributed by atoms with Gasteiger partial charge in [-0.2, -0.15) is 0 Å². The van der Waals surface area contributed by atoms with Crippen molar-refractivity contribution in [2.24, 2.45) is 0 Å². The minimum atomic E-state index is -0.351. The number of benzene rings is 2. The molecule has 2 aromatic rings. The molecule has 0 saturated carbocycles. The molecule has 0 saturated heterocycles. The number of aryl methyl sites for hydroxylation is 1. The van der Waals surface area contributed by atoms with Crippen LogP contribution >= 0.6 is 0 Å². The van der Waals surface area contributed by atoms with Gasteiger partial charge in [-0.25, -0.2) is 4.79 Å². The highest BCUT2D eigenvalue weighted by Gasteiger charge is 2.09. The molecule has 24 heavy (non-hydrogen) atoms. The Hall–Kier alpha value is -2.29. The Balaban J connectivity index is 1.89. The van der Waals surface area contributed by atoms with Gasteiger partial charge in [-0.1, -0.05) is 38.8 Å². The van der Waals surface area contributed by atoms with Crippen LogP contribution in [0.2, 0.25) is 0 Å². The van der Waals surface area contributed by atoms with Crippen LogP contribution in [-0.2, 0) is 6.42 Å². The van der Waals surface area contributed by atoms with Crippen molar-refractivity contribution in [1.82, 2.24) is 0 Å². The number of esters is 1. The summed E-state index contributed by atoms with van der Waals surface area (Å²) >= 11 is 0. The van der Waals surface area contributed by atoms with Crippen molar-refractivity contribution in [3.63, 3.8) is 0 Å². The minimum Gasteiger partial charge on any atom is -0.494 e. The average molecular weight is 326 g/mol. The van der Waals surface area contributed by atoms with Crippen molar-refractivity contribution in [3.05, 3.63) is 59.7 Å². The summed E-state index contributed by atoms with van der Waals surface area (Å²) in [5.74, 6) is 0.992. The third-order valence-corrected chi connectivity index (χ3v) is 3.77. The largest absolute Gasteiger partial charge is 0.494 e. The molecule has 0 fully saturated rings. The van der Waals surface area contributed by atoms with Crippen LogP contribution in [0, 0.1) is 0 Å². The van der Waals surface area contributed by atoms with E-state index in [1.165, 1.54) is 24.8 Å². The third kappa shape index (κ3) is 5.73. The van der Waals surface area contributed by atoms with E-state index in [0.717, 1.165) is 18.6 Å². The molecule has 0 aliphatic heterocycles. The Kier molecular flexibility index (Phi) is 7.34. The Morgan fingerprint density at radius 2 is 1.50 bits per heavy atom. The van der Waals surface area contributed by atoms with Crippen LogP contribution < -0.4 is 9.47 Å². The second kappa shape index (κ2) is 9.76. The van der Waals surface area contributed by atoms with E-state index in [1.54, 1.807) is 24.3 Å². The number of carbonyl (C=O) groups excluding carboxylic acids is 1. The van der Waals surface area contributed by atoms with Gasteiger partial charge in [-0.15, -0.1) is 0 Å². The Labute approximate surface area is 144 Å². The highest BCUT2D eigenvalue weighted by molar-refractivity contribution is 5.91. The number of ether oxygens (including phenoxy) is 2. The first-order valence-electron chi connectivity index (χ1n) is 8.77. The van der Waals surface area contributed by atoms with Gasteiger partial charge in [0.2, 0.25) is 0 Å². The summed E-state index contributed by atoms with van der Waals surface area (Å²) in [6, 6.07) is 14.8. The van der Waals surface area contributed by atoms with Crippen molar-refractivity contribution >= 4 is 5.97 Å². The lowest BCUT2D eigenvalue weighted by Gasteiger charge is -2.07. The lowest BCUT2D eigenvalue weighted by atomic mass is 10.1. The predicted octanol–water partition coefficient (Wildman–Crippen LogP) is 5.43. The molecule has 0 N–H and O–H groups in total. The molecule has 2 rings (SSSR count). The van der Waals surface area contributed by atoms with Crippen LogP contribution in [0.5, 0.6) is 11.5 Å². The second-order valence-electron chi connectivity index (χ2n) is 5.86. The van der Waals surface area contributed by atoms with Crippen molar-refractivity contribution in [2.45, 2.75) is 46.0 Å². The van der Waals surface area contributed by atoms with E-state index in [0.29, 0.717) is 17.9 Å². The zero-order valence-electron chi connectivity index (χ0n) is 14.6. The van der Waals surface area contributed by atoms with Crippen LogP contribution in [0.15, 0.2) is 48.5 Å². The number of hydrogen-bond donors (Lipinski definition) is 0. The van der Waals surface area contributed by atoms with E-state index < -0.39 is 0 Å². The SMILES string of the molecule is CCCCCc1ccc(OC(=O)c2ccc(OCCC)cc2)cc1. The first kappa shape index (κ1) is 18.1. The summed E-state index contributed by atoms with van der Waals surface area (Å²) in [6.45, 7) is 4.93. The van der Waals surface area contributed by atoms with Crippen molar-refractivity contribution in [1.29, 1.82) is 0 Å². The molecule has 3 heteroatoms. The van der Waals surface area contributed by atoms with E-state index in [4.69, 9.17) is 9.47 Å². The van der Waals surface area contributed by atoms with Gasteiger partial charge >= 0.3 is 5.97 Å². The topological polar surface area (TPSA) is 35.5 Å². The molecular formula is C21H26O3. The smallest absolute Gasteiger partial charge is 0.343 e. The van der Waals surface area contributed by atoms with E-state index in [9.17, 15) is 4.79 Å². The van der Waals surface area contributed by atoms with Gasteiger partial charge in [-0.3, -0.25) is 0 Å². The van der Waals surface area contributed by atoms with Gasteiger partial charge in [0.1, 0.15) is 11.5 Å². The molecule has 0 aliphatic carbocycles. The number of carbonyl (C=O) groups is 1. The van der Waals surface area contributed by atoms with Gasteiger partial charge < -0.3 is 9.47 Å². The van der Waals surface area contributed by atoms with Crippen LogP contribution in [0.1, 0.15) is 55.5 Å². The molecule has 0 heterocycles. The number of unbranched alkanes of at least 4 members (excludes halogenated alkanes) is 2. The maximum absolute atomic E-state index is 12.2. The fraction of sp³-hybridized carbons (Fsp3) is 0.381. The normalized spacial score (nSPS) is 10.4. The Bertz CT molecular complexity index is 615. The van der Waals surface area contributed by atoms with E-state index in [1.807, 2.05) is 24.3 Å². The van der Waals surface area contributed by atoms with Crippen LogP contribution in [0.4, 0.5) is 0 Å². The van der Waals surface area contributed by atoms with Gasteiger partial charge in [0.25, 0.3) is 0 Å². The van der Waals surface area contributed by atoms with Gasteiger partial charge in [0, 0.05) is 0 Å². The summed E-state index contributed by atoms with van der Waals surface area (Å²) < 4.78 is 10.9. The Morgan fingerprint density at radius 3 is 2.12 bits per heavy atom. The first-order chi connectivity index (χ1) is 11.7. The quantitative estimate of drug-likeness (QED) is 0.350. The average Bonchev–Trinajstić information content (AvgIpc) is 2.62. The lowest BCUT2D eigenvalue weighted by Crippen LogP contribution is -2.08. The zero-order chi connectivity index (χ0) is 17.2. The highest BCUT2D eigenvalue weighted by atomic mass is 16.5. The molecule has 0 aliphatic rings. The summed E-state index contributed by atoms with van der Waals surface area (Å²) in [7, 11) is 0. The first-order valence-corrected chi connectivity index (χ1v) is 8.77. The molecule has 0 aromatic heterocycles.